The number of rotatable bonds is 3. The monoisotopic (exact) mass is 448 g/mol. The molecule has 4 aromatic carbocycles. The van der Waals surface area contributed by atoms with Crippen LogP contribution < -0.4 is 15.8 Å². The lowest BCUT2D eigenvalue weighted by Gasteiger charge is -2.38. The summed E-state index contributed by atoms with van der Waals surface area (Å²) in [5.74, 6) is 0.890. The second kappa shape index (κ2) is 7.39. The van der Waals surface area contributed by atoms with Crippen LogP contribution in [0.3, 0.4) is 0 Å². The van der Waals surface area contributed by atoms with Gasteiger partial charge in [0.1, 0.15) is 11.5 Å². The molecule has 0 aliphatic carbocycles. The Morgan fingerprint density at radius 3 is 2.59 bits per heavy atom. The van der Waals surface area contributed by atoms with Crippen LogP contribution in [0.25, 0.3) is 0 Å². The van der Waals surface area contributed by atoms with Crippen LogP contribution in [0.15, 0.2) is 78.9 Å². The molecular formula is C29H24N2O3. The van der Waals surface area contributed by atoms with Crippen LogP contribution in [0.2, 0.25) is 0 Å². The molecule has 6 rings (SSSR count). The summed E-state index contributed by atoms with van der Waals surface area (Å²) in [6, 6.07) is 25.2. The van der Waals surface area contributed by atoms with E-state index in [1.54, 1.807) is 12.1 Å². The number of hydrogen-bond donors (Lipinski definition) is 2. The number of nitrogens with one attached hydrogen (secondary N) is 1. The first-order valence-electron chi connectivity index (χ1n) is 11.4. The molecule has 0 saturated carbocycles. The van der Waals surface area contributed by atoms with Crippen molar-refractivity contribution >= 4 is 23.0 Å². The van der Waals surface area contributed by atoms with Gasteiger partial charge in [-0.15, -0.1) is 0 Å². The van der Waals surface area contributed by atoms with Crippen molar-refractivity contribution in [3.63, 3.8) is 0 Å². The average Bonchev–Trinajstić information content (AvgIpc) is 3.14. The lowest BCUT2D eigenvalue weighted by Crippen LogP contribution is -2.34. The Bertz CT molecular complexity index is 1480. The molecule has 34 heavy (non-hydrogen) atoms. The molecule has 0 radical (unpaired) electrons. The third kappa shape index (κ3) is 2.83. The average molecular weight is 449 g/mol. The van der Waals surface area contributed by atoms with Gasteiger partial charge in [-0.1, -0.05) is 48.9 Å². The molecule has 0 saturated heterocycles. The molecule has 4 aromatic rings. The van der Waals surface area contributed by atoms with Crippen molar-refractivity contribution in [2.45, 2.75) is 25.9 Å². The number of carbonyl (C=O) groups is 1. The van der Waals surface area contributed by atoms with Gasteiger partial charge in [0, 0.05) is 22.5 Å². The van der Waals surface area contributed by atoms with E-state index in [1.165, 1.54) is 11.1 Å². The van der Waals surface area contributed by atoms with Crippen LogP contribution in [0, 0.1) is 6.92 Å². The number of ether oxygens (including phenoxy) is 2. The number of nitrogens with two attached hydrogens (primary N) is 1. The zero-order valence-corrected chi connectivity index (χ0v) is 19.0. The Morgan fingerprint density at radius 1 is 0.882 bits per heavy atom. The lowest BCUT2D eigenvalue weighted by atomic mass is 9.76. The maximum atomic E-state index is 13.1. The standard InChI is InChI=1S/C29H24N2O3/c1-3-18-15-17(2)11-13-23(18)31-24-9-6-10-26-27(24)29(22-16-19(30)12-14-25(22)33-26)21-8-5-4-7-20(21)28(32)34-29/h4-16,31H,3,30H2,1-2H3. The topological polar surface area (TPSA) is 73.6 Å². The predicted octanol–water partition coefficient (Wildman–Crippen LogP) is 6.45. The molecule has 3 N–H and O–H groups in total. The Balaban J connectivity index is 1.64. The van der Waals surface area contributed by atoms with Gasteiger partial charge in [0.05, 0.1) is 16.8 Å². The molecule has 1 spiro atoms. The van der Waals surface area contributed by atoms with E-state index in [4.69, 9.17) is 15.2 Å². The van der Waals surface area contributed by atoms with Crippen molar-refractivity contribution in [3.05, 3.63) is 112 Å². The molecule has 0 bridgehead atoms. The van der Waals surface area contributed by atoms with Gasteiger partial charge in [-0.25, -0.2) is 4.79 Å². The fourth-order valence-electron chi connectivity index (χ4n) is 5.13. The van der Waals surface area contributed by atoms with Crippen molar-refractivity contribution in [1.29, 1.82) is 0 Å². The second-order valence-corrected chi connectivity index (χ2v) is 8.79. The van der Waals surface area contributed by atoms with Crippen LogP contribution >= 0.6 is 0 Å². The van der Waals surface area contributed by atoms with E-state index in [-0.39, 0.29) is 5.97 Å². The second-order valence-electron chi connectivity index (χ2n) is 8.79. The first kappa shape index (κ1) is 20.4. The number of benzene rings is 4. The van der Waals surface area contributed by atoms with Crippen molar-refractivity contribution in [1.82, 2.24) is 0 Å². The first-order chi connectivity index (χ1) is 16.5. The van der Waals surface area contributed by atoms with Gasteiger partial charge < -0.3 is 20.5 Å². The smallest absolute Gasteiger partial charge is 0.340 e. The highest BCUT2D eigenvalue weighted by molar-refractivity contribution is 5.97. The van der Waals surface area contributed by atoms with E-state index in [0.717, 1.165) is 28.9 Å². The summed E-state index contributed by atoms with van der Waals surface area (Å²) in [4.78, 5) is 13.1. The quantitative estimate of drug-likeness (QED) is 0.278. The maximum absolute atomic E-state index is 13.1. The molecule has 0 amide bonds. The Hall–Kier alpha value is -4.25. The minimum absolute atomic E-state index is 0.365. The zero-order valence-electron chi connectivity index (χ0n) is 19.0. The van der Waals surface area contributed by atoms with Gasteiger partial charge in [0.2, 0.25) is 0 Å². The SMILES string of the molecule is CCc1cc(C)ccc1Nc1cccc2c1C1(OC(=O)c3ccccc31)c1cc(N)ccc1O2. The van der Waals surface area contributed by atoms with Crippen LogP contribution in [0.1, 0.15) is 45.1 Å². The van der Waals surface area contributed by atoms with E-state index >= 15 is 0 Å². The molecule has 1 atom stereocenters. The van der Waals surface area contributed by atoms with Crippen molar-refractivity contribution in [3.8, 4) is 11.5 Å². The third-order valence-corrected chi connectivity index (χ3v) is 6.66. The van der Waals surface area contributed by atoms with Crippen LogP contribution in [-0.2, 0) is 16.8 Å². The fraction of sp³-hybridized carbons (Fsp3) is 0.138. The highest BCUT2D eigenvalue weighted by atomic mass is 16.6. The predicted molar refractivity (Wildman–Crippen MR) is 133 cm³/mol. The van der Waals surface area contributed by atoms with E-state index < -0.39 is 5.60 Å². The minimum atomic E-state index is -1.17. The van der Waals surface area contributed by atoms with Crippen LogP contribution in [0.5, 0.6) is 11.5 Å². The molecule has 5 heteroatoms. The fourth-order valence-corrected chi connectivity index (χ4v) is 5.13. The largest absolute Gasteiger partial charge is 0.456 e. The molecular weight excluding hydrogens is 424 g/mol. The Morgan fingerprint density at radius 2 is 1.74 bits per heavy atom. The number of aryl methyl sites for hydroxylation is 2. The summed E-state index contributed by atoms with van der Waals surface area (Å²) < 4.78 is 12.6. The summed E-state index contributed by atoms with van der Waals surface area (Å²) in [6.45, 7) is 4.23. The molecule has 2 heterocycles. The highest BCUT2D eigenvalue weighted by Crippen LogP contribution is 2.58. The summed E-state index contributed by atoms with van der Waals surface area (Å²) in [6.07, 6.45) is 0.887. The summed E-state index contributed by atoms with van der Waals surface area (Å²) in [5.41, 5.74) is 12.6. The van der Waals surface area contributed by atoms with E-state index in [0.29, 0.717) is 28.3 Å². The number of hydrogen-bond acceptors (Lipinski definition) is 5. The van der Waals surface area contributed by atoms with Gasteiger partial charge in [-0.3, -0.25) is 0 Å². The number of anilines is 3. The maximum Gasteiger partial charge on any atom is 0.340 e. The highest BCUT2D eigenvalue weighted by Gasteiger charge is 2.54. The molecule has 2 aliphatic rings. The van der Waals surface area contributed by atoms with E-state index in [1.807, 2.05) is 48.5 Å². The van der Waals surface area contributed by atoms with Crippen molar-refractivity contribution in [2.24, 2.45) is 0 Å². The summed E-state index contributed by atoms with van der Waals surface area (Å²) in [7, 11) is 0. The van der Waals surface area contributed by atoms with Gasteiger partial charge in [-0.05, 0) is 61.4 Å². The van der Waals surface area contributed by atoms with Gasteiger partial charge in [0.15, 0.2) is 5.60 Å². The van der Waals surface area contributed by atoms with E-state index in [2.05, 4.69) is 37.4 Å². The third-order valence-electron chi connectivity index (χ3n) is 6.66. The summed E-state index contributed by atoms with van der Waals surface area (Å²) in [5, 5.41) is 3.62. The van der Waals surface area contributed by atoms with Gasteiger partial charge in [0.25, 0.3) is 0 Å². The zero-order chi connectivity index (χ0) is 23.4. The van der Waals surface area contributed by atoms with Crippen molar-refractivity contribution in [2.75, 3.05) is 11.1 Å². The Labute approximate surface area is 198 Å². The summed E-state index contributed by atoms with van der Waals surface area (Å²) >= 11 is 0. The Kier molecular flexibility index (Phi) is 4.42. The molecule has 5 nitrogen and oxygen atoms in total. The van der Waals surface area contributed by atoms with Crippen molar-refractivity contribution < 1.29 is 14.3 Å². The molecule has 0 aromatic heterocycles. The number of fused-ring (bicyclic) bond motifs is 6. The van der Waals surface area contributed by atoms with E-state index in [9.17, 15) is 4.79 Å². The first-order valence-corrected chi connectivity index (χ1v) is 11.4. The number of esters is 1. The normalized spacial score (nSPS) is 17.4. The molecule has 2 aliphatic heterocycles. The number of nitrogen functional groups attached to an aromatic ring is 1. The van der Waals surface area contributed by atoms with Gasteiger partial charge in [-0.2, -0.15) is 0 Å². The lowest BCUT2D eigenvalue weighted by molar-refractivity contribution is 0.0227. The molecule has 168 valence electrons. The molecule has 0 fully saturated rings. The van der Waals surface area contributed by atoms with Gasteiger partial charge >= 0.3 is 5.97 Å². The van der Waals surface area contributed by atoms with Crippen LogP contribution in [0.4, 0.5) is 17.1 Å². The molecule has 1 unspecified atom stereocenters. The van der Waals surface area contributed by atoms with Crippen LogP contribution in [-0.4, -0.2) is 5.97 Å². The number of carbonyl (C=O) groups excluding carboxylic acids is 1. The minimum Gasteiger partial charge on any atom is -0.456 e.